The van der Waals surface area contributed by atoms with E-state index in [4.69, 9.17) is 11.6 Å². The van der Waals surface area contributed by atoms with Crippen molar-refractivity contribution in [3.63, 3.8) is 0 Å². The number of hydrogen-bond donors (Lipinski definition) is 2. The molecule has 0 saturated carbocycles. The maximum atomic E-state index is 12.3. The second kappa shape index (κ2) is 5.81. The molecule has 0 radical (unpaired) electrons. The Kier molecular flexibility index (Phi) is 4.43. The molecule has 2 N–H and O–H groups in total. The molecule has 21 heavy (non-hydrogen) atoms. The third kappa shape index (κ3) is 3.85. The fourth-order valence-electron chi connectivity index (χ4n) is 2.32. The second-order valence-corrected chi connectivity index (χ2v) is 8.01. The van der Waals surface area contributed by atoms with Crippen LogP contribution in [0.2, 0.25) is 5.02 Å². The molecule has 0 aromatic carbocycles. The number of aromatic nitrogens is 1. The van der Waals surface area contributed by atoms with E-state index in [0.29, 0.717) is 18.8 Å². The summed E-state index contributed by atoms with van der Waals surface area (Å²) in [6.45, 7) is 4.31. The van der Waals surface area contributed by atoms with Crippen molar-refractivity contribution < 1.29 is 13.2 Å². The summed E-state index contributed by atoms with van der Waals surface area (Å²) in [5, 5.41) is 5.98. The van der Waals surface area contributed by atoms with Crippen LogP contribution in [0.25, 0.3) is 0 Å². The second-order valence-electron chi connectivity index (χ2n) is 5.41. The zero-order valence-corrected chi connectivity index (χ0v) is 13.5. The van der Waals surface area contributed by atoms with Gasteiger partial charge in [-0.2, -0.15) is 0 Å². The van der Waals surface area contributed by atoms with E-state index < -0.39 is 21.3 Å². The zero-order valence-electron chi connectivity index (χ0n) is 11.9. The fraction of sp³-hybridized carbons (Fsp3) is 0.538. The maximum Gasteiger partial charge on any atom is 0.271 e. The molecule has 0 aliphatic carbocycles. The molecular formula is C13H18ClN3O3S. The molecule has 1 unspecified atom stereocenters. The lowest BCUT2D eigenvalue weighted by Crippen LogP contribution is -2.47. The molecule has 1 aromatic rings. The number of nitrogens with one attached hydrogen (secondary N) is 2. The van der Waals surface area contributed by atoms with Crippen LogP contribution < -0.4 is 10.6 Å². The summed E-state index contributed by atoms with van der Waals surface area (Å²) in [5.74, 6) is 0.120. The lowest BCUT2D eigenvalue weighted by Gasteiger charge is -2.23. The Balaban J connectivity index is 2.19. The van der Waals surface area contributed by atoms with E-state index >= 15 is 0 Å². The van der Waals surface area contributed by atoms with Gasteiger partial charge in [0.1, 0.15) is 11.5 Å². The molecule has 6 nitrogen and oxygen atoms in total. The topological polar surface area (TPSA) is 88.2 Å². The quantitative estimate of drug-likeness (QED) is 0.872. The van der Waals surface area contributed by atoms with E-state index in [2.05, 4.69) is 15.6 Å². The molecule has 8 heteroatoms. The van der Waals surface area contributed by atoms with Crippen molar-refractivity contribution in [1.82, 2.24) is 10.3 Å². The SMILES string of the molecule is CCNc1ccc(Cl)c(C(=O)NC2(C)CCS(=O)(=O)C2)n1. The van der Waals surface area contributed by atoms with Crippen molar-refractivity contribution in [2.75, 3.05) is 23.4 Å². The Morgan fingerprint density at radius 1 is 1.48 bits per heavy atom. The van der Waals surface area contributed by atoms with Crippen LogP contribution in [0.3, 0.4) is 0 Å². The number of pyridine rings is 1. The van der Waals surface area contributed by atoms with Gasteiger partial charge in [0.2, 0.25) is 0 Å². The highest BCUT2D eigenvalue weighted by atomic mass is 35.5. The van der Waals surface area contributed by atoms with Gasteiger partial charge in [0, 0.05) is 6.54 Å². The summed E-state index contributed by atoms with van der Waals surface area (Å²) < 4.78 is 23.1. The molecule has 1 atom stereocenters. The first-order valence-electron chi connectivity index (χ1n) is 6.68. The number of sulfone groups is 1. The van der Waals surface area contributed by atoms with Crippen molar-refractivity contribution in [3.05, 3.63) is 22.8 Å². The lowest BCUT2D eigenvalue weighted by atomic mass is 10.0. The normalized spacial score (nSPS) is 23.8. The molecule has 1 aliphatic rings. The third-order valence-electron chi connectivity index (χ3n) is 3.34. The summed E-state index contributed by atoms with van der Waals surface area (Å²) in [7, 11) is -3.09. The number of carbonyl (C=O) groups excluding carboxylic acids is 1. The summed E-state index contributed by atoms with van der Waals surface area (Å²) in [4.78, 5) is 16.5. The minimum absolute atomic E-state index is 0.0593. The minimum atomic E-state index is -3.09. The van der Waals surface area contributed by atoms with Crippen molar-refractivity contribution in [3.8, 4) is 0 Å². The van der Waals surface area contributed by atoms with Gasteiger partial charge in [-0.3, -0.25) is 4.79 Å². The highest BCUT2D eigenvalue weighted by molar-refractivity contribution is 7.91. The highest BCUT2D eigenvalue weighted by Gasteiger charge is 2.40. The van der Waals surface area contributed by atoms with Crippen LogP contribution in [0.1, 0.15) is 30.8 Å². The first-order valence-corrected chi connectivity index (χ1v) is 8.88. The number of hydrogen-bond acceptors (Lipinski definition) is 5. The van der Waals surface area contributed by atoms with Crippen molar-refractivity contribution in [1.29, 1.82) is 0 Å². The predicted molar refractivity (Wildman–Crippen MR) is 82.6 cm³/mol. The Morgan fingerprint density at radius 3 is 2.76 bits per heavy atom. The van der Waals surface area contributed by atoms with Gasteiger partial charge in [-0.25, -0.2) is 13.4 Å². The summed E-state index contributed by atoms with van der Waals surface area (Å²) >= 11 is 6.01. The van der Waals surface area contributed by atoms with Gasteiger partial charge in [0.25, 0.3) is 5.91 Å². The monoisotopic (exact) mass is 331 g/mol. The number of carbonyl (C=O) groups is 1. The Bertz CT molecular complexity index is 663. The first kappa shape index (κ1) is 16.0. The van der Waals surface area contributed by atoms with Gasteiger partial charge >= 0.3 is 0 Å². The average Bonchev–Trinajstić information content (AvgIpc) is 2.65. The number of amides is 1. The molecule has 0 spiro atoms. The van der Waals surface area contributed by atoms with Crippen LogP contribution in [0.5, 0.6) is 0 Å². The smallest absolute Gasteiger partial charge is 0.271 e. The van der Waals surface area contributed by atoms with Gasteiger partial charge in [-0.05, 0) is 32.4 Å². The number of rotatable bonds is 4. The van der Waals surface area contributed by atoms with Crippen LogP contribution in [0.15, 0.2) is 12.1 Å². The number of halogens is 1. The molecule has 1 saturated heterocycles. The van der Waals surface area contributed by atoms with E-state index in [1.54, 1.807) is 19.1 Å². The van der Waals surface area contributed by atoms with Gasteiger partial charge in [-0.15, -0.1) is 0 Å². The first-order chi connectivity index (χ1) is 9.75. The molecule has 1 aromatic heterocycles. The molecular weight excluding hydrogens is 314 g/mol. The van der Waals surface area contributed by atoms with E-state index in [9.17, 15) is 13.2 Å². The largest absolute Gasteiger partial charge is 0.370 e. The molecule has 0 bridgehead atoms. The minimum Gasteiger partial charge on any atom is -0.370 e. The van der Waals surface area contributed by atoms with Crippen LogP contribution in [-0.4, -0.2) is 42.9 Å². The predicted octanol–water partition coefficient (Wildman–Crippen LogP) is 1.47. The molecule has 116 valence electrons. The van der Waals surface area contributed by atoms with Gasteiger partial charge in [0.05, 0.1) is 22.1 Å². The van der Waals surface area contributed by atoms with E-state index in [0.717, 1.165) is 0 Å². The zero-order chi connectivity index (χ0) is 15.7. The van der Waals surface area contributed by atoms with Crippen LogP contribution in [0, 0.1) is 0 Å². The van der Waals surface area contributed by atoms with E-state index in [1.807, 2.05) is 6.92 Å². The number of anilines is 1. The maximum absolute atomic E-state index is 12.3. The van der Waals surface area contributed by atoms with Crippen molar-refractivity contribution in [2.24, 2.45) is 0 Å². The molecule has 1 fully saturated rings. The summed E-state index contributed by atoms with van der Waals surface area (Å²) in [5.41, 5.74) is -0.671. The third-order valence-corrected chi connectivity index (χ3v) is 5.55. The van der Waals surface area contributed by atoms with Crippen molar-refractivity contribution >= 4 is 33.2 Å². The summed E-state index contributed by atoms with van der Waals surface area (Å²) in [6.07, 6.45) is 0.394. The highest BCUT2D eigenvalue weighted by Crippen LogP contribution is 2.24. The van der Waals surface area contributed by atoms with Gasteiger partial charge < -0.3 is 10.6 Å². The van der Waals surface area contributed by atoms with Crippen LogP contribution in [0.4, 0.5) is 5.82 Å². The molecule has 2 heterocycles. The average molecular weight is 332 g/mol. The standard InChI is InChI=1S/C13H18ClN3O3S/c1-3-15-10-5-4-9(14)11(16-10)12(18)17-13(2)6-7-21(19,20)8-13/h4-5H,3,6-8H2,1-2H3,(H,15,16)(H,17,18). The number of nitrogens with zero attached hydrogens (tertiary/aromatic N) is 1. The van der Waals surface area contributed by atoms with Crippen LogP contribution in [-0.2, 0) is 9.84 Å². The van der Waals surface area contributed by atoms with Gasteiger partial charge in [-0.1, -0.05) is 11.6 Å². The molecule has 1 aliphatic heterocycles. The Labute approximate surface area is 129 Å². The molecule has 1 amide bonds. The van der Waals surface area contributed by atoms with E-state index in [-0.39, 0.29) is 22.2 Å². The Morgan fingerprint density at radius 2 is 2.19 bits per heavy atom. The fourth-order valence-corrected chi connectivity index (χ4v) is 4.61. The van der Waals surface area contributed by atoms with Gasteiger partial charge in [0.15, 0.2) is 9.84 Å². The lowest BCUT2D eigenvalue weighted by molar-refractivity contribution is 0.0910. The Hall–Kier alpha value is -1.34. The summed E-state index contributed by atoms with van der Waals surface area (Å²) in [6, 6.07) is 3.28. The van der Waals surface area contributed by atoms with Crippen molar-refractivity contribution in [2.45, 2.75) is 25.8 Å². The molecule has 2 rings (SSSR count). The van der Waals surface area contributed by atoms with E-state index in [1.165, 1.54) is 0 Å². The van der Waals surface area contributed by atoms with Crippen LogP contribution >= 0.6 is 11.6 Å².